The van der Waals surface area contributed by atoms with Gasteiger partial charge in [0.15, 0.2) is 0 Å². The summed E-state index contributed by atoms with van der Waals surface area (Å²) in [5, 5.41) is 11.5. The van der Waals surface area contributed by atoms with E-state index in [1.807, 2.05) is 6.33 Å². The summed E-state index contributed by atoms with van der Waals surface area (Å²) in [4.78, 5) is 0. The van der Waals surface area contributed by atoms with Crippen LogP contribution in [0.2, 0.25) is 0 Å². The van der Waals surface area contributed by atoms with E-state index in [0.717, 1.165) is 18.9 Å². The van der Waals surface area contributed by atoms with Crippen LogP contribution in [0.1, 0.15) is 38.1 Å². The van der Waals surface area contributed by atoms with Crippen LogP contribution in [-0.4, -0.2) is 27.9 Å². The van der Waals surface area contributed by atoms with Crippen LogP contribution >= 0.6 is 0 Å². The molecule has 1 fully saturated rings. The Balaban J connectivity index is 2.23. The van der Waals surface area contributed by atoms with Crippen molar-refractivity contribution in [1.29, 1.82) is 0 Å². The summed E-state index contributed by atoms with van der Waals surface area (Å²) in [6.45, 7) is 6.48. The van der Waals surface area contributed by atoms with Gasteiger partial charge in [-0.1, -0.05) is 13.8 Å². The van der Waals surface area contributed by atoms with E-state index in [0.29, 0.717) is 12.0 Å². The largest absolute Gasteiger partial charge is 0.315 e. The van der Waals surface area contributed by atoms with Gasteiger partial charge in [0.25, 0.3) is 0 Å². The van der Waals surface area contributed by atoms with E-state index in [9.17, 15) is 0 Å². The predicted octanol–water partition coefficient (Wildman–Crippen LogP) is 0.936. The number of nitrogens with one attached hydrogen (secondary N) is 1. The van der Waals surface area contributed by atoms with Crippen molar-refractivity contribution in [2.24, 2.45) is 0 Å². The van der Waals surface area contributed by atoms with E-state index in [1.165, 1.54) is 6.42 Å². The lowest BCUT2D eigenvalue weighted by Gasteiger charge is -2.14. The fourth-order valence-electron chi connectivity index (χ4n) is 1.82. The molecule has 0 aliphatic carbocycles. The number of rotatable bonds is 2. The van der Waals surface area contributed by atoms with E-state index < -0.39 is 0 Å². The lowest BCUT2D eigenvalue weighted by molar-refractivity contribution is 0.509. The molecule has 1 aromatic rings. The van der Waals surface area contributed by atoms with Crippen molar-refractivity contribution in [3.8, 4) is 0 Å². The van der Waals surface area contributed by atoms with Crippen LogP contribution in [0.4, 0.5) is 0 Å². The zero-order valence-electron chi connectivity index (χ0n) is 8.20. The Labute approximate surface area is 78.4 Å². The molecule has 0 radical (unpaired) electrons. The number of hydrogen-bond donors (Lipinski definition) is 1. The molecule has 0 amide bonds. The second kappa shape index (κ2) is 3.46. The minimum absolute atomic E-state index is 0.461. The maximum atomic E-state index is 4.15. The minimum Gasteiger partial charge on any atom is -0.315 e. The minimum atomic E-state index is 0.461. The van der Waals surface area contributed by atoms with Crippen molar-refractivity contribution >= 4 is 0 Å². The van der Waals surface area contributed by atoms with Gasteiger partial charge in [-0.25, -0.2) is 0 Å². The third-order valence-electron chi connectivity index (χ3n) is 2.54. The highest BCUT2D eigenvalue weighted by atomic mass is 15.3. The second-order valence-corrected chi connectivity index (χ2v) is 3.90. The Morgan fingerprint density at radius 3 is 3.08 bits per heavy atom. The van der Waals surface area contributed by atoms with Gasteiger partial charge in [0.2, 0.25) is 0 Å². The van der Waals surface area contributed by atoms with Gasteiger partial charge in [0, 0.05) is 18.5 Å². The predicted molar refractivity (Wildman–Crippen MR) is 50.6 cm³/mol. The molecule has 1 N–H and O–H groups in total. The van der Waals surface area contributed by atoms with Crippen molar-refractivity contribution in [3.05, 3.63) is 12.2 Å². The molecule has 1 aliphatic heterocycles. The first-order valence-corrected chi connectivity index (χ1v) is 4.89. The maximum Gasteiger partial charge on any atom is 0.135 e. The van der Waals surface area contributed by atoms with Gasteiger partial charge in [-0.3, -0.25) is 0 Å². The molecule has 13 heavy (non-hydrogen) atoms. The Bertz CT molecular complexity index is 273. The van der Waals surface area contributed by atoms with E-state index in [-0.39, 0.29) is 0 Å². The third-order valence-corrected chi connectivity index (χ3v) is 2.54. The van der Waals surface area contributed by atoms with Crippen LogP contribution < -0.4 is 5.32 Å². The van der Waals surface area contributed by atoms with Gasteiger partial charge in [-0.15, -0.1) is 10.2 Å². The van der Waals surface area contributed by atoms with E-state index in [1.54, 1.807) is 0 Å². The molecule has 1 aliphatic rings. The smallest absolute Gasteiger partial charge is 0.135 e. The molecular formula is C9H16N4. The van der Waals surface area contributed by atoms with Crippen molar-refractivity contribution in [2.75, 3.05) is 13.1 Å². The average Bonchev–Trinajstić information content (AvgIpc) is 2.74. The Kier molecular flexibility index (Phi) is 2.31. The molecule has 4 nitrogen and oxygen atoms in total. The number of hydrogen-bond acceptors (Lipinski definition) is 3. The van der Waals surface area contributed by atoms with Crippen LogP contribution in [0.5, 0.6) is 0 Å². The summed E-state index contributed by atoms with van der Waals surface area (Å²) in [6, 6.07) is 0.562. The molecule has 1 atom stereocenters. The first-order chi connectivity index (χ1) is 6.29. The Morgan fingerprint density at radius 2 is 2.46 bits per heavy atom. The summed E-state index contributed by atoms with van der Waals surface area (Å²) in [6.07, 6.45) is 3.05. The van der Waals surface area contributed by atoms with Crippen molar-refractivity contribution in [3.63, 3.8) is 0 Å². The molecule has 1 aromatic heterocycles. The average molecular weight is 180 g/mol. The van der Waals surface area contributed by atoms with Crippen LogP contribution in [0.3, 0.4) is 0 Å². The van der Waals surface area contributed by atoms with Gasteiger partial charge in [0.1, 0.15) is 12.2 Å². The highest BCUT2D eigenvalue weighted by Gasteiger charge is 2.20. The quantitative estimate of drug-likeness (QED) is 0.736. The van der Waals surface area contributed by atoms with Crippen LogP contribution in [0.15, 0.2) is 6.33 Å². The maximum absolute atomic E-state index is 4.15. The van der Waals surface area contributed by atoms with E-state index in [2.05, 4.69) is 33.9 Å². The van der Waals surface area contributed by atoms with Crippen LogP contribution in [0.25, 0.3) is 0 Å². The SMILES string of the molecule is CC(C)c1nncn1C1CCNC1. The zero-order valence-corrected chi connectivity index (χ0v) is 8.20. The summed E-state index contributed by atoms with van der Waals surface area (Å²) >= 11 is 0. The summed E-state index contributed by atoms with van der Waals surface area (Å²) < 4.78 is 2.21. The molecule has 0 spiro atoms. The summed E-state index contributed by atoms with van der Waals surface area (Å²) in [7, 11) is 0. The fourth-order valence-corrected chi connectivity index (χ4v) is 1.82. The standard InChI is InChI=1S/C9H16N4/c1-7(2)9-12-11-6-13(9)8-3-4-10-5-8/h6-8,10H,3-5H2,1-2H3. The second-order valence-electron chi connectivity index (χ2n) is 3.90. The fraction of sp³-hybridized carbons (Fsp3) is 0.778. The molecule has 0 saturated carbocycles. The van der Waals surface area contributed by atoms with Crippen LogP contribution in [-0.2, 0) is 0 Å². The zero-order chi connectivity index (χ0) is 9.26. The number of aromatic nitrogens is 3. The molecule has 2 rings (SSSR count). The van der Waals surface area contributed by atoms with Gasteiger partial charge >= 0.3 is 0 Å². The monoisotopic (exact) mass is 180 g/mol. The third kappa shape index (κ3) is 1.58. The van der Waals surface area contributed by atoms with Crippen molar-refractivity contribution in [2.45, 2.75) is 32.2 Å². The van der Waals surface area contributed by atoms with Gasteiger partial charge in [0.05, 0.1) is 0 Å². The van der Waals surface area contributed by atoms with Gasteiger partial charge < -0.3 is 9.88 Å². The molecular weight excluding hydrogens is 164 g/mol. The molecule has 0 aromatic carbocycles. The first-order valence-electron chi connectivity index (χ1n) is 4.89. The topological polar surface area (TPSA) is 42.7 Å². The summed E-state index contributed by atoms with van der Waals surface area (Å²) in [5.74, 6) is 1.57. The first kappa shape index (κ1) is 8.69. The molecule has 72 valence electrons. The molecule has 1 saturated heterocycles. The summed E-state index contributed by atoms with van der Waals surface area (Å²) in [5.41, 5.74) is 0. The van der Waals surface area contributed by atoms with Crippen LogP contribution in [0, 0.1) is 0 Å². The molecule has 1 unspecified atom stereocenters. The number of nitrogens with zero attached hydrogens (tertiary/aromatic N) is 3. The molecule has 4 heteroatoms. The van der Waals surface area contributed by atoms with E-state index >= 15 is 0 Å². The lowest BCUT2D eigenvalue weighted by Crippen LogP contribution is -2.15. The van der Waals surface area contributed by atoms with Gasteiger partial charge in [-0.2, -0.15) is 0 Å². The Morgan fingerprint density at radius 1 is 1.62 bits per heavy atom. The normalized spacial score (nSPS) is 22.8. The lowest BCUT2D eigenvalue weighted by atomic mass is 10.2. The highest BCUT2D eigenvalue weighted by Crippen LogP contribution is 2.20. The van der Waals surface area contributed by atoms with E-state index in [4.69, 9.17) is 0 Å². The van der Waals surface area contributed by atoms with Gasteiger partial charge in [-0.05, 0) is 13.0 Å². The Hall–Kier alpha value is -0.900. The molecule has 0 bridgehead atoms. The highest BCUT2D eigenvalue weighted by molar-refractivity contribution is 4.96. The van der Waals surface area contributed by atoms with Crippen molar-refractivity contribution < 1.29 is 0 Å². The van der Waals surface area contributed by atoms with Crippen molar-refractivity contribution in [1.82, 2.24) is 20.1 Å². The molecule has 2 heterocycles.